The Labute approximate surface area is 175 Å². The fraction of sp³-hybridized carbons (Fsp3) is 0.500. The molecule has 2 aromatic rings. The predicted molar refractivity (Wildman–Crippen MR) is 111 cm³/mol. The first-order chi connectivity index (χ1) is 14.6. The Hall–Kier alpha value is -2.77. The second-order valence-corrected chi connectivity index (χ2v) is 8.16. The van der Waals surface area contributed by atoms with Gasteiger partial charge >= 0.3 is 0 Å². The first-order valence-corrected chi connectivity index (χ1v) is 10.6. The number of hydrogen-bond donors (Lipinski definition) is 2. The first-order valence-electron chi connectivity index (χ1n) is 10.6. The van der Waals surface area contributed by atoms with E-state index in [2.05, 4.69) is 25.5 Å². The SMILES string of the molecule is O=C(CCC1CCN(c2cc(NC3CC3)ncn2)CC1)NCc1ccc(F)cc1F. The fourth-order valence-electron chi connectivity index (χ4n) is 3.77. The van der Waals surface area contributed by atoms with Crippen LogP contribution in [0.1, 0.15) is 44.1 Å². The summed E-state index contributed by atoms with van der Waals surface area (Å²) in [5, 5.41) is 6.13. The van der Waals surface area contributed by atoms with E-state index in [-0.39, 0.29) is 12.5 Å². The first kappa shape index (κ1) is 20.5. The minimum Gasteiger partial charge on any atom is -0.367 e. The van der Waals surface area contributed by atoms with Crippen molar-refractivity contribution in [3.8, 4) is 0 Å². The number of piperidine rings is 1. The van der Waals surface area contributed by atoms with Crippen molar-refractivity contribution in [2.45, 2.75) is 51.1 Å². The zero-order valence-corrected chi connectivity index (χ0v) is 16.9. The van der Waals surface area contributed by atoms with Crippen molar-refractivity contribution in [2.24, 2.45) is 5.92 Å². The molecule has 2 aliphatic rings. The van der Waals surface area contributed by atoms with Crippen LogP contribution in [0.2, 0.25) is 0 Å². The number of amides is 1. The minimum absolute atomic E-state index is 0.0777. The highest BCUT2D eigenvalue weighted by Crippen LogP contribution is 2.28. The Morgan fingerprint density at radius 2 is 1.90 bits per heavy atom. The Kier molecular flexibility index (Phi) is 6.40. The number of carbonyl (C=O) groups excluding carboxylic acids is 1. The quantitative estimate of drug-likeness (QED) is 0.689. The molecule has 1 aliphatic heterocycles. The van der Waals surface area contributed by atoms with E-state index in [9.17, 15) is 13.6 Å². The second-order valence-electron chi connectivity index (χ2n) is 8.16. The largest absolute Gasteiger partial charge is 0.367 e. The van der Waals surface area contributed by atoms with E-state index in [1.54, 1.807) is 6.33 Å². The van der Waals surface area contributed by atoms with E-state index in [1.807, 2.05) is 6.07 Å². The Morgan fingerprint density at radius 1 is 1.10 bits per heavy atom. The molecule has 8 heteroatoms. The van der Waals surface area contributed by atoms with Crippen molar-refractivity contribution < 1.29 is 13.6 Å². The maximum atomic E-state index is 13.6. The van der Waals surface area contributed by atoms with Crippen LogP contribution in [0.5, 0.6) is 0 Å². The topological polar surface area (TPSA) is 70.2 Å². The third-order valence-corrected chi connectivity index (χ3v) is 5.79. The van der Waals surface area contributed by atoms with Gasteiger partial charge in [-0.3, -0.25) is 4.79 Å². The van der Waals surface area contributed by atoms with Crippen LogP contribution in [0.3, 0.4) is 0 Å². The van der Waals surface area contributed by atoms with Crippen LogP contribution >= 0.6 is 0 Å². The number of benzene rings is 1. The van der Waals surface area contributed by atoms with Gasteiger partial charge in [0.05, 0.1) is 0 Å². The maximum absolute atomic E-state index is 13.6. The van der Waals surface area contributed by atoms with Crippen LogP contribution in [0.15, 0.2) is 30.6 Å². The minimum atomic E-state index is -0.636. The summed E-state index contributed by atoms with van der Waals surface area (Å²) in [6, 6.07) is 5.96. The summed E-state index contributed by atoms with van der Waals surface area (Å²) in [4.78, 5) is 23.1. The standard InChI is InChI=1S/C22H27F2N5O/c23-17-3-2-16(19(24)11-17)13-25-22(30)6-1-15-7-9-29(10-8-15)21-12-20(26-14-27-21)28-18-4-5-18/h2-3,11-12,14-15,18H,1,4-10,13H2,(H,25,30)(H,26,27,28). The molecule has 0 atom stereocenters. The molecule has 0 spiro atoms. The molecule has 6 nitrogen and oxygen atoms in total. The summed E-state index contributed by atoms with van der Waals surface area (Å²) in [6.07, 6.45) is 7.26. The van der Waals surface area contributed by atoms with Gasteiger partial charge in [-0.15, -0.1) is 0 Å². The van der Waals surface area contributed by atoms with Gasteiger partial charge in [0.25, 0.3) is 0 Å². The molecule has 1 aromatic carbocycles. The van der Waals surface area contributed by atoms with Gasteiger partial charge < -0.3 is 15.5 Å². The normalized spacial score (nSPS) is 17.1. The highest BCUT2D eigenvalue weighted by molar-refractivity contribution is 5.75. The number of halogens is 2. The third kappa shape index (κ3) is 5.64. The summed E-state index contributed by atoms with van der Waals surface area (Å²) >= 11 is 0. The summed E-state index contributed by atoms with van der Waals surface area (Å²) in [5.74, 6) is 0.965. The van der Waals surface area contributed by atoms with Gasteiger partial charge in [0.15, 0.2) is 0 Å². The maximum Gasteiger partial charge on any atom is 0.220 e. The van der Waals surface area contributed by atoms with Crippen LogP contribution in [-0.2, 0) is 11.3 Å². The Balaban J connectivity index is 1.18. The second kappa shape index (κ2) is 9.36. The number of rotatable bonds is 8. The summed E-state index contributed by atoms with van der Waals surface area (Å²) < 4.78 is 26.6. The van der Waals surface area contributed by atoms with E-state index < -0.39 is 11.6 Å². The predicted octanol–water partition coefficient (Wildman–Crippen LogP) is 3.64. The van der Waals surface area contributed by atoms with Crippen molar-refractivity contribution in [2.75, 3.05) is 23.3 Å². The zero-order valence-electron chi connectivity index (χ0n) is 16.9. The molecule has 1 saturated heterocycles. The molecule has 30 heavy (non-hydrogen) atoms. The van der Waals surface area contributed by atoms with Crippen molar-refractivity contribution >= 4 is 17.5 Å². The number of hydrogen-bond acceptors (Lipinski definition) is 5. The lowest BCUT2D eigenvalue weighted by Gasteiger charge is -2.32. The summed E-state index contributed by atoms with van der Waals surface area (Å²) in [7, 11) is 0. The molecule has 0 radical (unpaired) electrons. The lowest BCUT2D eigenvalue weighted by Crippen LogP contribution is -2.34. The summed E-state index contributed by atoms with van der Waals surface area (Å²) in [5.41, 5.74) is 0.290. The highest BCUT2D eigenvalue weighted by Gasteiger charge is 2.23. The van der Waals surface area contributed by atoms with E-state index >= 15 is 0 Å². The number of carbonyl (C=O) groups is 1. The van der Waals surface area contributed by atoms with Crippen LogP contribution in [0.4, 0.5) is 20.4 Å². The fourth-order valence-corrected chi connectivity index (χ4v) is 3.77. The molecular formula is C22H27F2N5O. The molecular weight excluding hydrogens is 388 g/mol. The highest BCUT2D eigenvalue weighted by atomic mass is 19.1. The van der Waals surface area contributed by atoms with Crippen molar-refractivity contribution in [3.63, 3.8) is 0 Å². The molecule has 1 aliphatic carbocycles. The van der Waals surface area contributed by atoms with E-state index in [4.69, 9.17) is 0 Å². The number of anilines is 2. The molecule has 1 aromatic heterocycles. The molecule has 0 unspecified atom stereocenters. The van der Waals surface area contributed by atoms with Gasteiger partial charge in [0, 0.05) is 49.8 Å². The average molecular weight is 415 g/mol. The van der Waals surface area contributed by atoms with E-state index in [0.29, 0.717) is 23.9 Å². The van der Waals surface area contributed by atoms with Gasteiger partial charge in [0.1, 0.15) is 29.6 Å². The van der Waals surface area contributed by atoms with Crippen molar-refractivity contribution in [1.82, 2.24) is 15.3 Å². The molecule has 1 saturated carbocycles. The van der Waals surface area contributed by atoms with Crippen LogP contribution in [0.25, 0.3) is 0 Å². The molecule has 1 amide bonds. The molecule has 2 heterocycles. The summed E-state index contributed by atoms with van der Waals surface area (Å²) in [6.45, 7) is 1.90. The lowest BCUT2D eigenvalue weighted by molar-refractivity contribution is -0.121. The van der Waals surface area contributed by atoms with E-state index in [0.717, 1.165) is 50.1 Å². The Bertz CT molecular complexity index is 882. The van der Waals surface area contributed by atoms with Crippen molar-refractivity contribution in [1.29, 1.82) is 0 Å². The number of nitrogens with zero attached hydrogens (tertiary/aromatic N) is 3. The smallest absolute Gasteiger partial charge is 0.220 e. The number of nitrogens with one attached hydrogen (secondary N) is 2. The van der Waals surface area contributed by atoms with Crippen LogP contribution in [0, 0.1) is 17.6 Å². The van der Waals surface area contributed by atoms with Crippen LogP contribution in [-0.4, -0.2) is 35.0 Å². The zero-order chi connectivity index (χ0) is 20.9. The monoisotopic (exact) mass is 415 g/mol. The van der Waals surface area contributed by atoms with E-state index in [1.165, 1.54) is 25.0 Å². The lowest BCUT2D eigenvalue weighted by atomic mass is 9.92. The molecule has 160 valence electrons. The molecule has 0 bridgehead atoms. The average Bonchev–Trinajstić information content (AvgIpc) is 3.56. The number of aromatic nitrogens is 2. The van der Waals surface area contributed by atoms with Crippen molar-refractivity contribution in [3.05, 3.63) is 47.8 Å². The van der Waals surface area contributed by atoms with Gasteiger partial charge in [-0.25, -0.2) is 18.7 Å². The molecule has 4 rings (SSSR count). The van der Waals surface area contributed by atoms with Gasteiger partial charge in [-0.2, -0.15) is 0 Å². The van der Waals surface area contributed by atoms with Gasteiger partial charge in [0.2, 0.25) is 5.91 Å². The third-order valence-electron chi connectivity index (χ3n) is 5.79. The van der Waals surface area contributed by atoms with Crippen LogP contribution < -0.4 is 15.5 Å². The van der Waals surface area contributed by atoms with Gasteiger partial charge in [-0.1, -0.05) is 6.07 Å². The molecule has 2 fully saturated rings. The van der Waals surface area contributed by atoms with Gasteiger partial charge in [-0.05, 0) is 44.1 Å². The Morgan fingerprint density at radius 3 is 2.63 bits per heavy atom. The molecule has 2 N–H and O–H groups in total.